The van der Waals surface area contributed by atoms with Gasteiger partial charge in [-0.25, -0.2) is 0 Å². The highest BCUT2D eigenvalue weighted by Gasteiger charge is 2.29. The van der Waals surface area contributed by atoms with Crippen molar-refractivity contribution in [3.63, 3.8) is 0 Å². The van der Waals surface area contributed by atoms with Crippen molar-refractivity contribution in [2.75, 3.05) is 0 Å². The normalized spacial score (nSPS) is 13.7. The van der Waals surface area contributed by atoms with Crippen LogP contribution in [0.15, 0.2) is 48.5 Å². The number of carbonyl (C=O) groups is 1. The Hall–Kier alpha value is -2.38. The summed E-state index contributed by atoms with van der Waals surface area (Å²) < 4.78 is 0. The average molecular weight is 324 g/mol. The molecule has 0 saturated carbocycles. The minimum atomic E-state index is -0.855. The van der Waals surface area contributed by atoms with Gasteiger partial charge in [0.2, 0.25) is 5.91 Å². The van der Waals surface area contributed by atoms with Gasteiger partial charge in [0.05, 0.1) is 6.07 Å². The Bertz CT molecular complexity index is 740. The van der Waals surface area contributed by atoms with Crippen LogP contribution in [0, 0.1) is 17.2 Å². The molecule has 3 nitrogen and oxygen atoms in total. The summed E-state index contributed by atoms with van der Waals surface area (Å²) in [5, 5.41) is 12.0. The fourth-order valence-corrected chi connectivity index (χ4v) is 2.87. The molecule has 0 saturated heterocycles. The zero-order valence-electron chi connectivity index (χ0n) is 13.5. The lowest BCUT2D eigenvalue weighted by molar-refractivity contribution is -0.118. The second-order valence-corrected chi connectivity index (χ2v) is 6.97. The predicted octanol–water partition coefficient (Wildman–Crippen LogP) is 4.48. The molecule has 1 amide bonds. The summed E-state index contributed by atoms with van der Waals surface area (Å²) in [4.78, 5) is 14.2. The number of amides is 1. The highest BCUT2D eigenvalue weighted by molar-refractivity contribution is 7.16. The molecular weight excluding hydrogens is 304 g/mol. The van der Waals surface area contributed by atoms with Crippen LogP contribution in [0.1, 0.15) is 25.6 Å². The van der Waals surface area contributed by atoms with Gasteiger partial charge in [0.1, 0.15) is 5.54 Å². The summed E-state index contributed by atoms with van der Waals surface area (Å²) in [6.07, 6.45) is 3.27. The van der Waals surface area contributed by atoms with Crippen LogP contribution in [-0.2, 0) is 4.79 Å². The first kappa shape index (κ1) is 17.0. The van der Waals surface area contributed by atoms with E-state index in [1.807, 2.05) is 44.2 Å². The van der Waals surface area contributed by atoms with Crippen LogP contribution in [0.2, 0.25) is 0 Å². The molecule has 0 aliphatic rings. The van der Waals surface area contributed by atoms with Gasteiger partial charge in [-0.15, -0.1) is 11.3 Å². The molecule has 1 N–H and O–H groups in total. The highest BCUT2D eigenvalue weighted by Crippen LogP contribution is 2.28. The van der Waals surface area contributed by atoms with Gasteiger partial charge in [-0.2, -0.15) is 5.26 Å². The number of thiophene rings is 1. The van der Waals surface area contributed by atoms with E-state index in [0.29, 0.717) is 0 Å². The molecule has 0 bridgehead atoms. The molecule has 4 heteroatoms. The van der Waals surface area contributed by atoms with Crippen molar-refractivity contribution in [3.05, 3.63) is 53.4 Å². The van der Waals surface area contributed by atoms with Crippen LogP contribution in [0.5, 0.6) is 0 Å². The van der Waals surface area contributed by atoms with E-state index in [4.69, 9.17) is 0 Å². The maximum absolute atomic E-state index is 12.0. The van der Waals surface area contributed by atoms with Crippen molar-refractivity contribution < 1.29 is 4.79 Å². The number of nitrogens with one attached hydrogen (secondary N) is 1. The first-order chi connectivity index (χ1) is 10.9. The fraction of sp³-hybridized carbons (Fsp3) is 0.263. The number of hydrogen-bond donors (Lipinski definition) is 1. The lowest BCUT2D eigenvalue weighted by Crippen LogP contribution is -2.48. The fourth-order valence-electron chi connectivity index (χ4n) is 1.96. The van der Waals surface area contributed by atoms with Crippen molar-refractivity contribution in [3.8, 4) is 16.5 Å². The van der Waals surface area contributed by atoms with E-state index in [0.717, 1.165) is 9.75 Å². The van der Waals surface area contributed by atoms with Crippen molar-refractivity contribution in [1.82, 2.24) is 5.32 Å². The van der Waals surface area contributed by atoms with Gasteiger partial charge in [0, 0.05) is 15.8 Å². The molecule has 0 aliphatic heterocycles. The third kappa shape index (κ3) is 4.30. The van der Waals surface area contributed by atoms with Crippen molar-refractivity contribution in [2.24, 2.45) is 5.92 Å². The summed E-state index contributed by atoms with van der Waals surface area (Å²) in [6, 6.07) is 16.3. The van der Waals surface area contributed by atoms with Gasteiger partial charge in [0.25, 0.3) is 0 Å². The standard InChI is InChI=1S/C19H20N2OS/c1-14(2)19(3,13-20)21-18(22)12-10-16-9-11-17(23-16)15-7-5-4-6-8-15/h4-12,14H,1-3H3,(H,21,22)/b12-10+. The van der Waals surface area contributed by atoms with E-state index in [9.17, 15) is 10.1 Å². The minimum Gasteiger partial charge on any atom is -0.334 e. The molecule has 2 rings (SSSR count). The second-order valence-electron chi connectivity index (χ2n) is 5.86. The molecule has 23 heavy (non-hydrogen) atoms. The van der Waals surface area contributed by atoms with Gasteiger partial charge < -0.3 is 5.32 Å². The molecule has 1 atom stereocenters. The van der Waals surface area contributed by atoms with Crippen LogP contribution in [0.3, 0.4) is 0 Å². The lowest BCUT2D eigenvalue weighted by atomic mass is 9.90. The summed E-state index contributed by atoms with van der Waals surface area (Å²) >= 11 is 1.63. The van der Waals surface area contributed by atoms with Gasteiger partial charge in [0.15, 0.2) is 0 Å². The number of rotatable bonds is 5. The Morgan fingerprint density at radius 3 is 2.57 bits per heavy atom. The first-order valence-electron chi connectivity index (χ1n) is 7.51. The third-order valence-electron chi connectivity index (χ3n) is 3.85. The van der Waals surface area contributed by atoms with E-state index >= 15 is 0 Å². The van der Waals surface area contributed by atoms with E-state index in [-0.39, 0.29) is 11.8 Å². The Morgan fingerprint density at radius 2 is 1.96 bits per heavy atom. The number of benzene rings is 1. The van der Waals surface area contributed by atoms with Crippen LogP contribution in [0.25, 0.3) is 16.5 Å². The van der Waals surface area contributed by atoms with Crippen molar-refractivity contribution >= 4 is 23.3 Å². The Kier molecular flexibility index (Phi) is 5.36. The molecule has 1 aromatic heterocycles. The monoisotopic (exact) mass is 324 g/mol. The molecular formula is C19H20N2OS. The molecule has 2 aromatic rings. The number of nitrogens with zero attached hydrogens (tertiary/aromatic N) is 1. The number of carbonyl (C=O) groups excluding carboxylic acids is 1. The van der Waals surface area contributed by atoms with Gasteiger partial charge in [-0.05, 0) is 36.6 Å². The summed E-state index contributed by atoms with van der Waals surface area (Å²) in [5.41, 5.74) is 0.310. The summed E-state index contributed by atoms with van der Waals surface area (Å²) in [7, 11) is 0. The molecule has 0 spiro atoms. The SMILES string of the molecule is CC(C)C(C)(C#N)NC(=O)/C=C/c1ccc(-c2ccccc2)s1. The van der Waals surface area contributed by atoms with E-state index in [2.05, 4.69) is 23.5 Å². The molecule has 0 fully saturated rings. The lowest BCUT2D eigenvalue weighted by Gasteiger charge is -2.26. The van der Waals surface area contributed by atoms with E-state index in [1.165, 1.54) is 11.6 Å². The molecule has 1 unspecified atom stereocenters. The zero-order chi connectivity index (χ0) is 16.9. The maximum atomic E-state index is 12.0. The average Bonchev–Trinajstić information content (AvgIpc) is 3.02. The Labute approximate surface area is 141 Å². The highest BCUT2D eigenvalue weighted by atomic mass is 32.1. The van der Waals surface area contributed by atoms with Crippen LogP contribution >= 0.6 is 11.3 Å². The Morgan fingerprint density at radius 1 is 1.26 bits per heavy atom. The summed E-state index contributed by atoms with van der Waals surface area (Å²) in [6.45, 7) is 5.57. The third-order valence-corrected chi connectivity index (χ3v) is 4.95. The first-order valence-corrected chi connectivity index (χ1v) is 8.33. The predicted molar refractivity (Wildman–Crippen MR) is 95.8 cm³/mol. The largest absolute Gasteiger partial charge is 0.334 e. The Balaban J connectivity index is 2.05. The van der Waals surface area contributed by atoms with Crippen molar-refractivity contribution in [2.45, 2.75) is 26.3 Å². The summed E-state index contributed by atoms with van der Waals surface area (Å²) in [5.74, 6) is -0.214. The minimum absolute atomic E-state index is 0.0382. The van der Waals surface area contributed by atoms with Crippen molar-refractivity contribution in [1.29, 1.82) is 5.26 Å². The zero-order valence-corrected chi connectivity index (χ0v) is 14.4. The smallest absolute Gasteiger partial charge is 0.245 e. The molecule has 118 valence electrons. The van der Waals surface area contributed by atoms with Gasteiger partial charge in [-0.1, -0.05) is 44.2 Å². The second kappa shape index (κ2) is 7.26. The number of hydrogen-bond acceptors (Lipinski definition) is 3. The van der Waals surface area contributed by atoms with E-state index < -0.39 is 5.54 Å². The topological polar surface area (TPSA) is 52.9 Å². The number of nitriles is 1. The van der Waals surface area contributed by atoms with Gasteiger partial charge in [-0.3, -0.25) is 4.79 Å². The molecule has 1 heterocycles. The molecule has 0 aliphatic carbocycles. The van der Waals surface area contributed by atoms with Gasteiger partial charge >= 0.3 is 0 Å². The molecule has 0 radical (unpaired) electrons. The molecule has 1 aromatic carbocycles. The maximum Gasteiger partial charge on any atom is 0.245 e. The van der Waals surface area contributed by atoms with Crippen LogP contribution < -0.4 is 5.32 Å². The van der Waals surface area contributed by atoms with Crippen LogP contribution in [0.4, 0.5) is 0 Å². The quantitative estimate of drug-likeness (QED) is 0.824. The van der Waals surface area contributed by atoms with Crippen LogP contribution in [-0.4, -0.2) is 11.4 Å². The van der Waals surface area contributed by atoms with E-state index in [1.54, 1.807) is 24.3 Å².